The van der Waals surface area contributed by atoms with E-state index in [1.807, 2.05) is 25.7 Å². The molecule has 1 fully saturated rings. The molecular formula is C18H28N2O3S. The molecule has 134 valence electrons. The molecule has 0 radical (unpaired) electrons. The Morgan fingerprint density at radius 2 is 1.96 bits per heavy atom. The van der Waals surface area contributed by atoms with Gasteiger partial charge in [0.15, 0.2) is 5.69 Å². The van der Waals surface area contributed by atoms with Gasteiger partial charge in [-0.3, -0.25) is 4.79 Å². The largest absolute Gasteiger partial charge is 0.461 e. The van der Waals surface area contributed by atoms with Crippen molar-refractivity contribution in [3.8, 4) is 0 Å². The molecule has 1 aliphatic carbocycles. The summed E-state index contributed by atoms with van der Waals surface area (Å²) in [4.78, 5) is 31.1. The van der Waals surface area contributed by atoms with Gasteiger partial charge in [-0.1, -0.05) is 40.0 Å². The molecule has 0 saturated heterocycles. The quantitative estimate of drug-likeness (QED) is 0.751. The highest BCUT2D eigenvalue weighted by molar-refractivity contribution is 7.09. The zero-order valence-electron chi connectivity index (χ0n) is 15.1. The van der Waals surface area contributed by atoms with E-state index < -0.39 is 11.4 Å². The van der Waals surface area contributed by atoms with Gasteiger partial charge in [0.25, 0.3) is 0 Å². The molecule has 1 aromatic rings. The summed E-state index contributed by atoms with van der Waals surface area (Å²) in [5.74, 6) is -0.242. The monoisotopic (exact) mass is 352 g/mol. The number of carbonyl (C=O) groups excluding carboxylic acids is 2. The zero-order chi connectivity index (χ0) is 17.7. The lowest BCUT2D eigenvalue weighted by atomic mass is 9.89. The summed E-state index contributed by atoms with van der Waals surface area (Å²) in [7, 11) is 0. The first-order chi connectivity index (χ1) is 11.3. The Bertz CT molecular complexity index is 571. The van der Waals surface area contributed by atoms with Crippen LogP contribution < -0.4 is 0 Å². The predicted molar refractivity (Wildman–Crippen MR) is 94.9 cm³/mol. The van der Waals surface area contributed by atoms with Crippen LogP contribution in [0, 0.1) is 5.41 Å². The lowest BCUT2D eigenvalue weighted by molar-refractivity contribution is -0.143. The van der Waals surface area contributed by atoms with Crippen LogP contribution in [0.25, 0.3) is 0 Å². The van der Waals surface area contributed by atoms with Crippen LogP contribution >= 0.6 is 11.3 Å². The molecule has 0 aliphatic heterocycles. The minimum Gasteiger partial charge on any atom is -0.461 e. The van der Waals surface area contributed by atoms with Crippen molar-refractivity contribution in [2.45, 2.75) is 72.4 Å². The van der Waals surface area contributed by atoms with E-state index in [9.17, 15) is 9.59 Å². The van der Waals surface area contributed by atoms with Crippen LogP contribution in [0.3, 0.4) is 0 Å². The number of amides is 1. The van der Waals surface area contributed by atoms with Crippen LogP contribution in [0.5, 0.6) is 0 Å². The minimum absolute atomic E-state index is 0.155. The highest BCUT2D eigenvalue weighted by atomic mass is 32.1. The van der Waals surface area contributed by atoms with Crippen LogP contribution in [-0.2, 0) is 16.1 Å². The third-order valence-electron chi connectivity index (χ3n) is 4.26. The first-order valence-electron chi connectivity index (χ1n) is 8.75. The molecule has 0 atom stereocenters. The molecule has 24 heavy (non-hydrogen) atoms. The van der Waals surface area contributed by atoms with E-state index in [0.29, 0.717) is 18.8 Å². The van der Waals surface area contributed by atoms with Gasteiger partial charge in [0.2, 0.25) is 5.91 Å². The van der Waals surface area contributed by atoms with Crippen molar-refractivity contribution in [1.29, 1.82) is 0 Å². The molecule has 0 bridgehead atoms. The second kappa shape index (κ2) is 8.10. The minimum atomic E-state index is -0.418. The number of ether oxygens (including phenoxy) is 1. The Kier molecular flexibility index (Phi) is 6.38. The molecule has 2 rings (SSSR count). The van der Waals surface area contributed by atoms with E-state index in [4.69, 9.17) is 4.74 Å². The fourth-order valence-electron chi connectivity index (χ4n) is 3.02. The van der Waals surface area contributed by atoms with E-state index in [2.05, 4.69) is 4.98 Å². The Morgan fingerprint density at radius 1 is 1.29 bits per heavy atom. The van der Waals surface area contributed by atoms with Crippen molar-refractivity contribution in [2.24, 2.45) is 5.41 Å². The number of hydrogen-bond acceptors (Lipinski definition) is 5. The van der Waals surface area contributed by atoms with E-state index in [1.165, 1.54) is 30.6 Å². The van der Waals surface area contributed by atoms with Gasteiger partial charge in [-0.15, -0.1) is 11.3 Å². The van der Waals surface area contributed by atoms with Crippen LogP contribution in [0.1, 0.15) is 75.3 Å². The summed E-state index contributed by atoms with van der Waals surface area (Å²) in [6.45, 7) is 8.45. The van der Waals surface area contributed by atoms with E-state index in [1.54, 1.807) is 12.3 Å². The van der Waals surface area contributed by atoms with Gasteiger partial charge in [-0.2, -0.15) is 0 Å². The highest BCUT2D eigenvalue weighted by Gasteiger charge is 2.33. The number of hydrogen-bond donors (Lipinski definition) is 0. The average molecular weight is 353 g/mol. The van der Waals surface area contributed by atoms with Crippen molar-refractivity contribution in [1.82, 2.24) is 9.88 Å². The first kappa shape index (κ1) is 18.9. The van der Waals surface area contributed by atoms with Crippen LogP contribution in [-0.4, -0.2) is 34.4 Å². The summed E-state index contributed by atoms with van der Waals surface area (Å²) in [5, 5.41) is 2.51. The van der Waals surface area contributed by atoms with Gasteiger partial charge in [0.1, 0.15) is 5.01 Å². The maximum absolute atomic E-state index is 12.9. The van der Waals surface area contributed by atoms with Gasteiger partial charge in [0.05, 0.1) is 13.2 Å². The molecule has 0 aromatic carbocycles. The predicted octanol–water partition coefficient (Wildman–Crippen LogP) is 4.03. The SMILES string of the molecule is CCOC(=O)c1csc(CN(C(=O)C(C)(C)C)C2CCCCC2)n1. The number of carbonyl (C=O) groups is 2. The summed E-state index contributed by atoms with van der Waals surface area (Å²) in [6, 6.07) is 0.278. The van der Waals surface area contributed by atoms with Crippen LogP contribution in [0.15, 0.2) is 5.38 Å². The van der Waals surface area contributed by atoms with Crippen molar-refractivity contribution < 1.29 is 14.3 Å². The molecule has 1 heterocycles. The fraction of sp³-hybridized carbons (Fsp3) is 0.722. The van der Waals surface area contributed by atoms with E-state index in [0.717, 1.165) is 17.8 Å². The summed E-state index contributed by atoms with van der Waals surface area (Å²) in [5.41, 5.74) is -0.0813. The Labute approximate surface area is 148 Å². The Morgan fingerprint density at radius 3 is 2.54 bits per heavy atom. The van der Waals surface area contributed by atoms with Crippen molar-refractivity contribution in [3.63, 3.8) is 0 Å². The van der Waals surface area contributed by atoms with Crippen molar-refractivity contribution in [2.75, 3.05) is 6.61 Å². The maximum atomic E-state index is 12.9. The second-order valence-electron chi connectivity index (χ2n) is 7.32. The molecule has 1 aromatic heterocycles. The molecule has 0 spiro atoms. The Balaban J connectivity index is 2.15. The van der Waals surface area contributed by atoms with E-state index >= 15 is 0 Å². The zero-order valence-corrected chi connectivity index (χ0v) is 15.9. The van der Waals surface area contributed by atoms with E-state index in [-0.39, 0.29) is 11.9 Å². The maximum Gasteiger partial charge on any atom is 0.357 e. The average Bonchev–Trinajstić information content (AvgIpc) is 3.01. The molecule has 0 unspecified atom stereocenters. The van der Waals surface area contributed by atoms with Crippen LogP contribution in [0.4, 0.5) is 0 Å². The van der Waals surface area contributed by atoms with Gasteiger partial charge in [0, 0.05) is 16.8 Å². The molecule has 1 amide bonds. The Hall–Kier alpha value is -1.43. The third-order valence-corrected chi connectivity index (χ3v) is 5.09. The fourth-order valence-corrected chi connectivity index (χ4v) is 3.78. The lowest BCUT2D eigenvalue weighted by Crippen LogP contribution is -2.46. The first-order valence-corrected chi connectivity index (χ1v) is 9.63. The number of esters is 1. The summed E-state index contributed by atoms with van der Waals surface area (Å²) < 4.78 is 4.99. The van der Waals surface area contributed by atoms with Gasteiger partial charge in [-0.25, -0.2) is 9.78 Å². The number of rotatable bonds is 5. The molecule has 0 N–H and O–H groups in total. The van der Waals surface area contributed by atoms with Gasteiger partial charge >= 0.3 is 5.97 Å². The third kappa shape index (κ3) is 4.79. The second-order valence-corrected chi connectivity index (χ2v) is 8.26. The topological polar surface area (TPSA) is 59.5 Å². The normalized spacial score (nSPS) is 16.0. The number of thiazole rings is 1. The molecular weight excluding hydrogens is 324 g/mol. The van der Waals surface area contributed by atoms with Crippen LogP contribution in [0.2, 0.25) is 0 Å². The molecule has 6 heteroatoms. The lowest BCUT2D eigenvalue weighted by Gasteiger charge is -2.37. The molecule has 5 nitrogen and oxygen atoms in total. The van der Waals surface area contributed by atoms with Gasteiger partial charge < -0.3 is 9.64 Å². The van der Waals surface area contributed by atoms with Crippen molar-refractivity contribution in [3.05, 3.63) is 16.1 Å². The molecule has 1 saturated carbocycles. The highest BCUT2D eigenvalue weighted by Crippen LogP contribution is 2.29. The standard InChI is InChI=1S/C18H28N2O3S/c1-5-23-16(21)14-12-24-15(19-14)11-20(17(22)18(2,3)4)13-9-7-6-8-10-13/h12-13H,5-11H2,1-4H3. The molecule has 1 aliphatic rings. The van der Waals surface area contributed by atoms with Gasteiger partial charge in [-0.05, 0) is 19.8 Å². The van der Waals surface area contributed by atoms with Crippen molar-refractivity contribution >= 4 is 23.2 Å². The summed E-state index contributed by atoms with van der Waals surface area (Å²) in [6.07, 6.45) is 5.70. The number of aromatic nitrogens is 1. The smallest absolute Gasteiger partial charge is 0.357 e. The number of nitrogens with zero attached hydrogens (tertiary/aromatic N) is 2. The summed E-state index contributed by atoms with van der Waals surface area (Å²) >= 11 is 1.42.